The second kappa shape index (κ2) is 8.58. The van der Waals surface area contributed by atoms with Gasteiger partial charge in [-0.3, -0.25) is 14.2 Å². The fraction of sp³-hybridized carbons (Fsp3) is 0.640. The molecule has 8 heteroatoms. The van der Waals surface area contributed by atoms with Gasteiger partial charge in [0, 0.05) is 17.2 Å². The Labute approximate surface area is 202 Å². The maximum absolute atomic E-state index is 13.3. The Morgan fingerprint density at radius 1 is 1.21 bits per heavy atom. The molecule has 1 unspecified atom stereocenters. The molecule has 1 aromatic heterocycles. The van der Waals surface area contributed by atoms with E-state index in [9.17, 15) is 9.59 Å². The molecule has 176 valence electrons. The van der Waals surface area contributed by atoms with Crippen LogP contribution < -0.4 is 10.9 Å². The number of amides is 1. The number of carbonyl (C=O) groups is 1. The molecule has 1 aromatic carbocycles. The SMILES string of the molecule is O=C(CSc1nc2cc(Cl)ccc2c(=O)n1CC1CCCO1)NC12CC3CC(CC(C3)C1)C2. The number of nitrogens with one attached hydrogen (secondary N) is 1. The summed E-state index contributed by atoms with van der Waals surface area (Å²) >= 11 is 7.50. The molecule has 1 atom stereocenters. The van der Waals surface area contributed by atoms with Crippen LogP contribution in [0.25, 0.3) is 10.9 Å². The zero-order chi connectivity index (χ0) is 22.6. The highest BCUT2D eigenvalue weighted by Crippen LogP contribution is 2.55. The fourth-order valence-corrected chi connectivity index (χ4v) is 8.14. The summed E-state index contributed by atoms with van der Waals surface area (Å²) in [5.41, 5.74) is 0.463. The first-order valence-electron chi connectivity index (χ1n) is 12.2. The van der Waals surface area contributed by atoms with Crippen molar-refractivity contribution in [1.82, 2.24) is 14.9 Å². The minimum absolute atomic E-state index is 0.00587. The van der Waals surface area contributed by atoms with E-state index in [1.165, 1.54) is 31.0 Å². The number of aromatic nitrogens is 2. The summed E-state index contributed by atoms with van der Waals surface area (Å²) in [5.74, 6) is 2.66. The number of benzene rings is 1. The van der Waals surface area contributed by atoms with E-state index in [0.29, 0.717) is 27.6 Å². The Morgan fingerprint density at radius 3 is 2.61 bits per heavy atom. The van der Waals surface area contributed by atoms with Crippen molar-refractivity contribution in [3.8, 4) is 0 Å². The molecule has 2 heterocycles. The molecule has 1 amide bonds. The molecule has 1 saturated heterocycles. The number of hydrogen-bond donors (Lipinski definition) is 1. The quantitative estimate of drug-likeness (QED) is 0.482. The number of halogens is 1. The smallest absolute Gasteiger partial charge is 0.262 e. The van der Waals surface area contributed by atoms with Crippen LogP contribution >= 0.6 is 23.4 Å². The van der Waals surface area contributed by atoms with Gasteiger partial charge in [-0.05, 0) is 87.3 Å². The van der Waals surface area contributed by atoms with Crippen LogP contribution in [0, 0.1) is 17.8 Å². The maximum Gasteiger partial charge on any atom is 0.262 e. The first-order valence-corrected chi connectivity index (χ1v) is 13.6. The molecule has 0 radical (unpaired) electrons. The van der Waals surface area contributed by atoms with Crippen LogP contribution in [0.4, 0.5) is 0 Å². The third-order valence-corrected chi connectivity index (χ3v) is 9.28. The van der Waals surface area contributed by atoms with Crippen molar-refractivity contribution in [3.63, 3.8) is 0 Å². The van der Waals surface area contributed by atoms with Crippen molar-refractivity contribution in [1.29, 1.82) is 0 Å². The lowest BCUT2D eigenvalue weighted by Crippen LogP contribution is -2.60. The second-order valence-electron chi connectivity index (χ2n) is 10.6. The minimum atomic E-state index is -0.101. The van der Waals surface area contributed by atoms with Gasteiger partial charge in [0.2, 0.25) is 5.91 Å². The second-order valence-corrected chi connectivity index (χ2v) is 12.0. The first-order chi connectivity index (χ1) is 16.0. The van der Waals surface area contributed by atoms with Crippen LogP contribution in [0.3, 0.4) is 0 Å². The molecule has 1 aliphatic heterocycles. The molecule has 5 aliphatic rings. The largest absolute Gasteiger partial charge is 0.376 e. The van der Waals surface area contributed by atoms with Gasteiger partial charge in [0.25, 0.3) is 5.56 Å². The molecule has 4 bridgehead atoms. The van der Waals surface area contributed by atoms with Crippen LogP contribution in [0.2, 0.25) is 5.02 Å². The summed E-state index contributed by atoms with van der Waals surface area (Å²) in [4.78, 5) is 31.1. The van der Waals surface area contributed by atoms with E-state index in [1.54, 1.807) is 22.8 Å². The van der Waals surface area contributed by atoms with Gasteiger partial charge in [-0.25, -0.2) is 4.98 Å². The first kappa shape index (κ1) is 21.9. The number of rotatable bonds is 6. The van der Waals surface area contributed by atoms with E-state index in [4.69, 9.17) is 21.3 Å². The van der Waals surface area contributed by atoms with Gasteiger partial charge >= 0.3 is 0 Å². The minimum Gasteiger partial charge on any atom is -0.376 e. The molecule has 1 N–H and O–H groups in total. The fourth-order valence-electron chi connectivity index (χ4n) is 7.16. The topological polar surface area (TPSA) is 73.2 Å². The van der Waals surface area contributed by atoms with Gasteiger partial charge in [-0.1, -0.05) is 23.4 Å². The van der Waals surface area contributed by atoms with Crippen molar-refractivity contribution in [2.75, 3.05) is 12.4 Å². The lowest BCUT2D eigenvalue weighted by molar-refractivity contribution is -0.124. The molecule has 5 fully saturated rings. The number of thioether (sulfide) groups is 1. The molecular formula is C25H30ClN3O3S. The highest BCUT2D eigenvalue weighted by Gasteiger charge is 2.51. The van der Waals surface area contributed by atoms with Crippen LogP contribution in [0.15, 0.2) is 28.2 Å². The van der Waals surface area contributed by atoms with E-state index < -0.39 is 0 Å². The van der Waals surface area contributed by atoms with Crippen LogP contribution in [0.1, 0.15) is 51.4 Å². The standard InChI is InChI=1S/C25H30ClN3O3S/c26-18-3-4-20-21(9-18)27-24(29(23(20)31)13-19-2-1-5-32-19)33-14-22(30)28-25-10-15-6-16(11-25)8-17(7-15)12-25/h3-4,9,15-17,19H,1-2,5-8,10-14H2,(H,28,30). The molecule has 7 rings (SSSR count). The van der Waals surface area contributed by atoms with E-state index in [0.717, 1.165) is 56.5 Å². The normalized spacial score (nSPS) is 32.5. The van der Waals surface area contributed by atoms with Crippen molar-refractivity contribution >= 4 is 40.2 Å². The Balaban J connectivity index is 1.22. The summed E-state index contributed by atoms with van der Waals surface area (Å²) in [7, 11) is 0. The zero-order valence-electron chi connectivity index (χ0n) is 18.7. The average Bonchev–Trinajstić information content (AvgIpc) is 3.26. The molecule has 0 spiro atoms. The molecule has 4 saturated carbocycles. The molecular weight excluding hydrogens is 458 g/mol. The van der Waals surface area contributed by atoms with E-state index in [2.05, 4.69) is 5.32 Å². The molecule has 33 heavy (non-hydrogen) atoms. The third-order valence-electron chi connectivity index (χ3n) is 8.07. The summed E-state index contributed by atoms with van der Waals surface area (Å²) in [5, 5.41) is 5.07. The van der Waals surface area contributed by atoms with Gasteiger partial charge < -0.3 is 10.1 Å². The van der Waals surface area contributed by atoms with E-state index in [1.807, 2.05) is 0 Å². The Bertz CT molecular complexity index is 1110. The number of nitrogens with zero attached hydrogens (tertiary/aromatic N) is 2. The number of carbonyl (C=O) groups excluding carboxylic acids is 1. The van der Waals surface area contributed by atoms with Crippen molar-refractivity contribution in [3.05, 3.63) is 33.6 Å². The summed E-state index contributed by atoms with van der Waals surface area (Å²) in [6, 6.07) is 5.16. The number of ether oxygens (including phenoxy) is 1. The van der Waals surface area contributed by atoms with Gasteiger partial charge in [0.05, 0.1) is 29.3 Å². The number of fused-ring (bicyclic) bond motifs is 1. The summed E-state index contributed by atoms with van der Waals surface area (Å²) < 4.78 is 7.47. The van der Waals surface area contributed by atoms with Crippen molar-refractivity contribution < 1.29 is 9.53 Å². The zero-order valence-corrected chi connectivity index (χ0v) is 20.3. The Kier molecular flexibility index (Phi) is 5.70. The molecule has 2 aromatic rings. The molecule has 4 aliphatic carbocycles. The highest BCUT2D eigenvalue weighted by molar-refractivity contribution is 7.99. The predicted octanol–water partition coefficient (Wildman–Crippen LogP) is 4.41. The number of hydrogen-bond acceptors (Lipinski definition) is 5. The average molecular weight is 488 g/mol. The van der Waals surface area contributed by atoms with Crippen LogP contribution in [-0.2, 0) is 16.1 Å². The van der Waals surface area contributed by atoms with Gasteiger partial charge in [0.1, 0.15) is 0 Å². The summed E-state index contributed by atoms with van der Waals surface area (Å²) in [6.45, 7) is 1.19. The lowest BCUT2D eigenvalue weighted by atomic mass is 9.53. The van der Waals surface area contributed by atoms with Crippen LogP contribution in [0.5, 0.6) is 0 Å². The Hall–Kier alpha value is -1.57. The van der Waals surface area contributed by atoms with Crippen molar-refractivity contribution in [2.45, 2.75) is 74.7 Å². The molecule has 6 nitrogen and oxygen atoms in total. The van der Waals surface area contributed by atoms with Gasteiger partial charge in [0.15, 0.2) is 5.16 Å². The van der Waals surface area contributed by atoms with Crippen LogP contribution in [-0.4, -0.2) is 39.5 Å². The van der Waals surface area contributed by atoms with E-state index in [-0.39, 0.29) is 28.9 Å². The maximum atomic E-state index is 13.3. The predicted molar refractivity (Wildman–Crippen MR) is 130 cm³/mol. The summed E-state index contributed by atoms with van der Waals surface area (Å²) in [6.07, 6.45) is 9.39. The monoisotopic (exact) mass is 487 g/mol. The van der Waals surface area contributed by atoms with Crippen molar-refractivity contribution in [2.24, 2.45) is 17.8 Å². The van der Waals surface area contributed by atoms with Gasteiger partial charge in [-0.15, -0.1) is 0 Å². The highest BCUT2D eigenvalue weighted by atomic mass is 35.5. The third kappa shape index (κ3) is 4.32. The Morgan fingerprint density at radius 2 is 1.94 bits per heavy atom. The van der Waals surface area contributed by atoms with Gasteiger partial charge in [-0.2, -0.15) is 0 Å². The van der Waals surface area contributed by atoms with E-state index >= 15 is 0 Å². The lowest BCUT2D eigenvalue weighted by Gasteiger charge is -2.56.